The summed E-state index contributed by atoms with van der Waals surface area (Å²) in [4.78, 5) is 47.4. The molecular weight excluding hydrogens is 429 g/mol. The Morgan fingerprint density at radius 2 is 2.03 bits per heavy atom. The zero-order valence-electron chi connectivity index (χ0n) is 16.3. The largest absolute Gasteiger partial charge is 0.340 e. The first-order chi connectivity index (χ1) is 14.3. The van der Waals surface area contributed by atoms with Gasteiger partial charge >= 0.3 is 0 Å². The number of rotatable bonds is 3. The lowest BCUT2D eigenvalue weighted by Crippen LogP contribution is -2.41. The molecule has 0 unspecified atom stereocenters. The van der Waals surface area contributed by atoms with E-state index >= 15 is 0 Å². The van der Waals surface area contributed by atoms with Crippen molar-refractivity contribution < 1.29 is 9.59 Å². The number of nitrogens with zero attached hydrogens (tertiary/aromatic N) is 2. The van der Waals surface area contributed by atoms with Gasteiger partial charge < -0.3 is 15.5 Å². The summed E-state index contributed by atoms with van der Waals surface area (Å²) in [6.45, 7) is 2.85. The van der Waals surface area contributed by atoms with Gasteiger partial charge in [0.25, 0.3) is 5.56 Å². The Bertz CT molecular complexity index is 1070. The molecule has 0 bridgehead atoms. The molecule has 1 aromatic heterocycles. The van der Waals surface area contributed by atoms with E-state index in [-0.39, 0.29) is 34.8 Å². The van der Waals surface area contributed by atoms with Gasteiger partial charge in [0.05, 0.1) is 21.5 Å². The Morgan fingerprint density at radius 3 is 2.77 bits per heavy atom. The molecule has 2 aromatic rings. The maximum absolute atomic E-state index is 12.9. The van der Waals surface area contributed by atoms with Crippen LogP contribution in [0.5, 0.6) is 0 Å². The second-order valence-electron chi connectivity index (χ2n) is 7.61. The molecule has 3 N–H and O–H groups in total. The van der Waals surface area contributed by atoms with Crippen LogP contribution in [-0.2, 0) is 9.59 Å². The fourth-order valence-corrected chi connectivity index (χ4v) is 4.23. The first kappa shape index (κ1) is 20.7. The molecule has 0 spiro atoms. The van der Waals surface area contributed by atoms with Crippen LogP contribution in [0.4, 0.5) is 17.5 Å². The summed E-state index contributed by atoms with van der Waals surface area (Å²) in [5.74, 6) is -1.27. The fourth-order valence-electron chi connectivity index (χ4n) is 3.94. The zero-order valence-corrected chi connectivity index (χ0v) is 17.8. The van der Waals surface area contributed by atoms with Crippen molar-refractivity contribution >= 4 is 52.5 Å². The van der Waals surface area contributed by atoms with Crippen molar-refractivity contribution in [3.05, 3.63) is 44.2 Å². The summed E-state index contributed by atoms with van der Waals surface area (Å²) < 4.78 is 0. The molecule has 0 aliphatic carbocycles. The number of H-pyrrole nitrogens is 1. The molecule has 10 heteroatoms. The molecular formula is C20H21Cl2N5O3. The minimum Gasteiger partial charge on any atom is -0.340 e. The zero-order chi connectivity index (χ0) is 21.4. The molecule has 2 aliphatic heterocycles. The van der Waals surface area contributed by atoms with E-state index in [2.05, 4.69) is 27.5 Å². The predicted molar refractivity (Wildman–Crippen MR) is 117 cm³/mol. The number of aromatic amines is 1. The third-order valence-corrected chi connectivity index (χ3v) is 6.26. The van der Waals surface area contributed by atoms with Crippen molar-refractivity contribution in [2.24, 2.45) is 0 Å². The Labute approximate surface area is 183 Å². The number of piperidine rings is 1. The van der Waals surface area contributed by atoms with Crippen LogP contribution in [0.2, 0.25) is 10.0 Å². The van der Waals surface area contributed by atoms with Crippen LogP contribution in [0.3, 0.4) is 0 Å². The van der Waals surface area contributed by atoms with Gasteiger partial charge in [-0.3, -0.25) is 19.4 Å². The predicted octanol–water partition coefficient (Wildman–Crippen LogP) is 3.52. The number of benzene rings is 1. The van der Waals surface area contributed by atoms with Crippen LogP contribution in [0.1, 0.15) is 44.1 Å². The number of carbonyl (C=O) groups is 2. The average Bonchev–Trinajstić information content (AvgIpc) is 2.70. The minimum atomic E-state index is -0.965. The molecule has 2 atom stereocenters. The van der Waals surface area contributed by atoms with Crippen molar-refractivity contribution in [1.82, 2.24) is 9.97 Å². The summed E-state index contributed by atoms with van der Waals surface area (Å²) >= 11 is 11.9. The monoisotopic (exact) mass is 449 g/mol. The Balaban J connectivity index is 1.65. The van der Waals surface area contributed by atoms with Crippen molar-refractivity contribution in [1.29, 1.82) is 0 Å². The van der Waals surface area contributed by atoms with Crippen LogP contribution < -0.4 is 21.1 Å². The third kappa shape index (κ3) is 4.02. The molecule has 0 saturated carbocycles. The van der Waals surface area contributed by atoms with Gasteiger partial charge in [-0.1, -0.05) is 23.2 Å². The second kappa shape index (κ2) is 8.28. The van der Waals surface area contributed by atoms with Gasteiger partial charge in [-0.25, -0.2) is 0 Å². The minimum absolute atomic E-state index is 0.136. The van der Waals surface area contributed by atoms with E-state index in [9.17, 15) is 14.4 Å². The number of amides is 2. The number of hydrogen-bond donors (Lipinski definition) is 3. The van der Waals surface area contributed by atoms with E-state index < -0.39 is 17.4 Å². The highest BCUT2D eigenvalue weighted by Gasteiger charge is 2.35. The van der Waals surface area contributed by atoms with Crippen molar-refractivity contribution in [2.75, 3.05) is 22.1 Å². The lowest BCUT2D eigenvalue weighted by atomic mass is 9.92. The van der Waals surface area contributed by atoms with E-state index in [1.165, 1.54) is 6.07 Å². The number of carbonyl (C=O) groups excluding carboxylic acids is 2. The topological polar surface area (TPSA) is 107 Å². The van der Waals surface area contributed by atoms with E-state index in [1.54, 1.807) is 12.1 Å². The molecule has 2 amide bonds. The van der Waals surface area contributed by atoms with E-state index in [0.717, 1.165) is 25.8 Å². The third-order valence-electron chi connectivity index (χ3n) is 5.52. The molecule has 30 heavy (non-hydrogen) atoms. The number of aromatic nitrogens is 2. The summed E-state index contributed by atoms with van der Waals surface area (Å²) in [6, 6.07) is 4.89. The molecule has 3 heterocycles. The SMILES string of the molecule is C[C@H]1CCCCN1c1nc2c(c(=O)[nH]1)[C@H](C(=O)Nc1ccc(Cl)c(Cl)c1)CC(=O)N2. The van der Waals surface area contributed by atoms with Gasteiger partial charge in [-0.05, 0) is 44.4 Å². The van der Waals surface area contributed by atoms with Gasteiger partial charge in [0, 0.05) is 24.7 Å². The van der Waals surface area contributed by atoms with Crippen LogP contribution in [0.25, 0.3) is 0 Å². The maximum atomic E-state index is 12.9. The first-order valence-corrected chi connectivity index (χ1v) is 10.6. The highest BCUT2D eigenvalue weighted by molar-refractivity contribution is 6.42. The molecule has 4 rings (SSSR count). The van der Waals surface area contributed by atoms with Crippen LogP contribution in [0.15, 0.2) is 23.0 Å². The second-order valence-corrected chi connectivity index (χ2v) is 8.43. The standard InChI is InChI=1S/C20H21Cl2N5O3/c1-10-4-2-3-7-27(10)20-25-17-16(19(30)26-20)12(9-15(28)24-17)18(29)23-11-5-6-13(21)14(22)8-11/h5-6,8,10,12H,2-4,7,9H2,1H3,(H,23,29)(H2,24,25,26,28,30)/t10-,12+/m0/s1. The number of nitrogens with one attached hydrogen (secondary N) is 3. The summed E-state index contributed by atoms with van der Waals surface area (Å²) in [5, 5.41) is 5.99. The number of hydrogen-bond acceptors (Lipinski definition) is 5. The first-order valence-electron chi connectivity index (χ1n) is 9.80. The quantitative estimate of drug-likeness (QED) is 0.664. The summed E-state index contributed by atoms with van der Waals surface area (Å²) in [7, 11) is 0. The smallest absolute Gasteiger partial charge is 0.258 e. The fraction of sp³-hybridized carbons (Fsp3) is 0.400. The van der Waals surface area contributed by atoms with Crippen molar-refractivity contribution in [3.63, 3.8) is 0 Å². The molecule has 1 saturated heterocycles. The average molecular weight is 450 g/mol. The van der Waals surface area contributed by atoms with Crippen molar-refractivity contribution in [2.45, 2.75) is 44.6 Å². The highest BCUT2D eigenvalue weighted by atomic mass is 35.5. The Kier molecular flexibility index (Phi) is 5.71. The van der Waals surface area contributed by atoms with Crippen LogP contribution >= 0.6 is 23.2 Å². The summed E-state index contributed by atoms with van der Waals surface area (Å²) in [5.41, 5.74) is 0.146. The van der Waals surface area contributed by atoms with Crippen LogP contribution in [-0.4, -0.2) is 34.4 Å². The molecule has 8 nitrogen and oxygen atoms in total. The number of halogens is 2. The van der Waals surface area contributed by atoms with E-state index in [0.29, 0.717) is 16.7 Å². The lowest BCUT2D eigenvalue weighted by molar-refractivity contribution is -0.123. The molecule has 1 aromatic carbocycles. The number of anilines is 3. The molecule has 2 aliphatic rings. The highest BCUT2D eigenvalue weighted by Crippen LogP contribution is 2.32. The number of fused-ring (bicyclic) bond motifs is 1. The normalized spacial score (nSPS) is 21.0. The Morgan fingerprint density at radius 1 is 1.23 bits per heavy atom. The molecule has 158 valence electrons. The van der Waals surface area contributed by atoms with Crippen molar-refractivity contribution in [3.8, 4) is 0 Å². The van der Waals surface area contributed by atoms with Gasteiger partial charge in [-0.2, -0.15) is 4.98 Å². The summed E-state index contributed by atoms with van der Waals surface area (Å²) in [6.07, 6.45) is 2.99. The molecule has 1 fully saturated rings. The molecule has 0 radical (unpaired) electrons. The lowest BCUT2D eigenvalue weighted by Gasteiger charge is -2.34. The van der Waals surface area contributed by atoms with Gasteiger partial charge in [0.2, 0.25) is 17.8 Å². The van der Waals surface area contributed by atoms with Gasteiger partial charge in [0.1, 0.15) is 5.82 Å². The Hall–Kier alpha value is -2.58. The van der Waals surface area contributed by atoms with Crippen LogP contribution in [0, 0.1) is 0 Å². The maximum Gasteiger partial charge on any atom is 0.258 e. The van der Waals surface area contributed by atoms with E-state index in [4.69, 9.17) is 23.2 Å². The van der Waals surface area contributed by atoms with Gasteiger partial charge in [-0.15, -0.1) is 0 Å². The van der Waals surface area contributed by atoms with E-state index in [1.807, 2.05) is 4.90 Å². The van der Waals surface area contributed by atoms with Gasteiger partial charge in [0.15, 0.2) is 0 Å².